The summed E-state index contributed by atoms with van der Waals surface area (Å²) >= 11 is 5.86. The molecule has 0 aromatic heterocycles. The first-order chi connectivity index (χ1) is 7.09. The number of amides is 2. The van der Waals surface area contributed by atoms with Crippen LogP contribution in [0, 0.1) is 6.92 Å². The fourth-order valence-corrected chi connectivity index (χ4v) is 1.83. The number of hydrogen-bond acceptors (Lipinski definition) is 2. The number of aryl methyl sites for hydroxylation is 1. The number of rotatable bonds is 1. The first-order valence-electron chi connectivity index (χ1n) is 4.64. The van der Waals surface area contributed by atoms with Crippen molar-refractivity contribution in [3.8, 4) is 0 Å². The SMILES string of the molecule is Cc1cc(Cl)ccc1N1CNN(C)C1=O. The molecule has 1 saturated heterocycles. The van der Waals surface area contributed by atoms with Crippen LogP contribution in [-0.2, 0) is 0 Å². The van der Waals surface area contributed by atoms with Crippen molar-refractivity contribution in [2.24, 2.45) is 0 Å². The summed E-state index contributed by atoms with van der Waals surface area (Å²) in [6, 6.07) is 5.44. The number of halogens is 1. The van der Waals surface area contributed by atoms with E-state index in [4.69, 9.17) is 11.6 Å². The van der Waals surface area contributed by atoms with Gasteiger partial charge in [0.2, 0.25) is 0 Å². The van der Waals surface area contributed by atoms with Crippen LogP contribution in [0.15, 0.2) is 18.2 Å². The Morgan fingerprint density at radius 3 is 2.73 bits per heavy atom. The van der Waals surface area contributed by atoms with Crippen molar-refractivity contribution in [3.63, 3.8) is 0 Å². The Kier molecular flexibility index (Phi) is 2.54. The number of anilines is 1. The second-order valence-corrected chi connectivity index (χ2v) is 3.95. The molecule has 80 valence electrons. The van der Waals surface area contributed by atoms with Crippen LogP contribution in [0.4, 0.5) is 10.5 Å². The molecule has 0 spiro atoms. The van der Waals surface area contributed by atoms with Gasteiger partial charge in [-0.05, 0) is 30.7 Å². The molecule has 1 aliphatic rings. The molecule has 0 aliphatic carbocycles. The van der Waals surface area contributed by atoms with Crippen molar-refractivity contribution in [1.82, 2.24) is 10.4 Å². The van der Waals surface area contributed by atoms with Gasteiger partial charge in [0.15, 0.2) is 0 Å². The lowest BCUT2D eigenvalue weighted by molar-refractivity contribution is 0.217. The molecule has 2 rings (SSSR count). The van der Waals surface area contributed by atoms with Gasteiger partial charge in [0.25, 0.3) is 0 Å². The molecule has 0 atom stereocenters. The van der Waals surface area contributed by atoms with Gasteiger partial charge in [0.05, 0.1) is 6.67 Å². The second kappa shape index (κ2) is 3.72. The van der Waals surface area contributed by atoms with Crippen LogP contribution < -0.4 is 10.3 Å². The molecule has 1 N–H and O–H groups in total. The standard InChI is InChI=1S/C10H12ClN3O/c1-7-5-8(11)3-4-9(7)14-6-12-13(2)10(14)15/h3-5,12H,6H2,1-2H3. The molecular weight excluding hydrogens is 214 g/mol. The summed E-state index contributed by atoms with van der Waals surface area (Å²) in [5.41, 5.74) is 4.82. The quantitative estimate of drug-likeness (QED) is 0.794. The summed E-state index contributed by atoms with van der Waals surface area (Å²) in [5, 5.41) is 2.15. The number of nitrogens with zero attached hydrogens (tertiary/aromatic N) is 2. The summed E-state index contributed by atoms with van der Waals surface area (Å²) in [7, 11) is 1.70. The normalized spacial score (nSPS) is 16.3. The number of benzene rings is 1. The van der Waals surface area contributed by atoms with Crippen molar-refractivity contribution >= 4 is 23.3 Å². The van der Waals surface area contributed by atoms with E-state index in [2.05, 4.69) is 5.43 Å². The number of hydrazine groups is 1. The maximum Gasteiger partial charge on any atom is 0.339 e. The van der Waals surface area contributed by atoms with E-state index in [0.717, 1.165) is 11.3 Å². The van der Waals surface area contributed by atoms with Crippen LogP contribution in [0.25, 0.3) is 0 Å². The van der Waals surface area contributed by atoms with Crippen molar-refractivity contribution < 1.29 is 4.79 Å². The molecule has 1 aromatic carbocycles. The highest BCUT2D eigenvalue weighted by Crippen LogP contribution is 2.25. The van der Waals surface area contributed by atoms with Crippen LogP contribution in [-0.4, -0.2) is 24.8 Å². The molecule has 0 saturated carbocycles. The third kappa shape index (κ3) is 1.78. The molecule has 1 aromatic rings. The number of carbonyl (C=O) groups is 1. The zero-order valence-electron chi connectivity index (χ0n) is 8.62. The van der Waals surface area contributed by atoms with Gasteiger partial charge in [-0.25, -0.2) is 10.2 Å². The van der Waals surface area contributed by atoms with Crippen LogP contribution in [0.1, 0.15) is 5.56 Å². The molecule has 1 fully saturated rings. The Morgan fingerprint density at radius 2 is 2.20 bits per heavy atom. The molecule has 0 bridgehead atoms. The molecule has 2 amide bonds. The lowest BCUT2D eigenvalue weighted by atomic mass is 10.2. The van der Waals surface area contributed by atoms with E-state index < -0.39 is 0 Å². The molecule has 15 heavy (non-hydrogen) atoms. The number of nitrogens with one attached hydrogen (secondary N) is 1. The minimum Gasteiger partial charge on any atom is -0.278 e. The third-order valence-electron chi connectivity index (χ3n) is 2.43. The Bertz CT molecular complexity index is 408. The van der Waals surface area contributed by atoms with E-state index in [1.54, 1.807) is 18.0 Å². The van der Waals surface area contributed by atoms with E-state index in [1.165, 1.54) is 5.01 Å². The molecule has 0 unspecified atom stereocenters. The highest BCUT2D eigenvalue weighted by molar-refractivity contribution is 6.30. The van der Waals surface area contributed by atoms with Gasteiger partial charge in [-0.1, -0.05) is 11.6 Å². The number of carbonyl (C=O) groups excluding carboxylic acids is 1. The number of urea groups is 1. The number of hydrogen-bond donors (Lipinski definition) is 1. The molecule has 0 radical (unpaired) electrons. The largest absolute Gasteiger partial charge is 0.339 e. The topological polar surface area (TPSA) is 35.6 Å². The highest BCUT2D eigenvalue weighted by atomic mass is 35.5. The molecule has 5 heteroatoms. The second-order valence-electron chi connectivity index (χ2n) is 3.52. The lowest BCUT2D eigenvalue weighted by Crippen LogP contribution is -2.31. The van der Waals surface area contributed by atoms with Crippen LogP contribution in [0.3, 0.4) is 0 Å². The summed E-state index contributed by atoms with van der Waals surface area (Å²) < 4.78 is 0. The minimum absolute atomic E-state index is 0.0552. The van der Waals surface area contributed by atoms with Gasteiger partial charge in [-0.3, -0.25) is 9.91 Å². The van der Waals surface area contributed by atoms with Gasteiger partial charge in [-0.2, -0.15) is 0 Å². The van der Waals surface area contributed by atoms with Gasteiger partial charge in [0.1, 0.15) is 0 Å². The zero-order chi connectivity index (χ0) is 11.0. The molecule has 4 nitrogen and oxygen atoms in total. The van der Waals surface area contributed by atoms with E-state index in [0.29, 0.717) is 11.7 Å². The fourth-order valence-electron chi connectivity index (χ4n) is 1.60. The fraction of sp³-hybridized carbons (Fsp3) is 0.300. The molecule has 1 heterocycles. The maximum atomic E-state index is 11.7. The van der Waals surface area contributed by atoms with Crippen molar-refractivity contribution in [1.29, 1.82) is 0 Å². The Morgan fingerprint density at radius 1 is 1.47 bits per heavy atom. The van der Waals surface area contributed by atoms with Crippen LogP contribution in [0.2, 0.25) is 5.02 Å². The van der Waals surface area contributed by atoms with Crippen molar-refractivity contribution in [2.45, 2.75) is 6.92 Å². The summed E-state index contributed by atoms with van der Waals surface area (Å²) in [5.74, 6) is 0. The van der Waals surface area contributed by atoms with E-state index in [1.807, 2.05) is 19.1 Å². The van der Waals surface area contributed by atoms with Crippen molar-refractivity contribution in [2.75, 3.05) is 18.6 Å². The van der Waals surface area contributed by atoms with Crippen LogP contribution in [0.5, 0.6) is 0 Å². The third-order valence-corrected chi connectivity index (χ3v) is 2.67. The van der Waals surface area contributed by atoms with Gasteiger partial charge < -0.3 is 0 Å². The smallest absolute Gasteiger partial charge is 0.278 e. The average molecular weight is 226 g/mol. The van der Waals surface area contributed by atoms with Gasteiger partial charge in [-0.15, -0.1) is 0 Å². The molecule has 1 aliphatic heterocycles. The first kappa shape index (κ1) is 10.3. The Hall–Kier alpha value is -1.26. The van der Waals surface area contributed by atoms with E-state index >= 15 is 0 Å². The van der Waals surface area contributed by atoms with Gasteiger partial charge in [0, 0.05) is 17.8 Å². The summed E-state index contributed by atoms with van der Waals surface area (Å²) in [4.78, 5) is 13.4. The summed E-state index contributed by atoms with van der Waals surface area (Å²) in [6.45, 7) is 2.44. The first-order valence-corrected chi connectivity index (χ1v) is 5.02. The monoisotopic (exact) mass is 225 g/mol. The predicted molar refractivity (Wildman–Crippen MR) is 59.8 cm³/mol. The highest BCUT2D eigenvalue weighted by Gasteiger charge is 2.27. The van der Waals surface area contributed by atoms with Crippen LogP contribution >= 0.6 is 11.6 Å². The Labute approximate surface area is 93.4 Å². The average Bonchev–Trinajstić information content (AvgIpc) is 2.49. The van der Waals surface area contributed by atoms with Gasteiger partial charge >= 0.3 is 6.03 Å². The zero-order valence-corrected chi connectivity index (χ0v) is 9.38. The lowest BCUT2D eigenvalue weighted by Gasteiger charge is -2.16. The molecular formula is C10H12ClN3O. The maximum absolute atomic E-state index is 11.7. The Balaban J connectivity index is 2.34. The summed E-state index contributed by atoms with van der Waals surface area (Å²) in [6.07, 6.45) is 0. The van der Waals surface area contributed by atoms with E-state index in [-0.39, 0.29) is 6.03 Å². The van der Waals surface area contributed by atoms with Crippen molar-refractivity contribution in [3.05, 3.63) is 28.8 Å². The van der Waals surface area contributed by atoms with E-state index in [9.17, 15) is 4.79 Å². The predicted octanol–water partition coefficient (Wildman–Crippen LogP) is 1.98. The minimum atomic E-state index is -0.0552.